The molecule has 0 aromatic carbocycles. The molecule has 0 aliphatic rings. The van der Waals surface area contributed by atoms with Gasteiger partial charge in [0.25, 0.3) is 0 Å². The molecular formula is C11H11ClN4O2S. The zero-order valence-electron chi connectivity index (χ0n) is 9.80. The Kier molecular flexibility index (Phi) is 4.93. The second-order valence-corrected chi connectivity index (χ2v) is 4.71. The van der Waals surface area contributed by atoms with Crippen LogP contribution in [0.15, 0.2) is 29.9 Å². The van der Waals surface area contributed by atoms with Gasteiger partial charge in [0, 0.05) is 23.8 Å². The number of rotatable bonds is 5. The number of urea groups is 1. The fraction of sp³-hybridized carbons (Fsp3) is 0.182. The predicted octanol–water partition coefficient (Wildman–Crippen LogP) is 2.39. The van der Waals surface area contributed by atoms with Crippen molar-refractivity contribution in [2.24, 2.45) is 0 Å². The number of carbonyl (C=O) groups is 1. The maximum atomic E-state index is 11.4. The number of nitrogens with zero attached hydrogens (tertiary/aromatic N) is 2. The summed E-state index contributed by atoms with van der Waals surface area (Å²) in [6.45, 7) is 0.682. The van der Waals surface area contributed by atoms with Gasteiger partial charge in [-0.2, -0.15) is 0 Å². The van der Waals surface area contributed by atoms with E-state index in [1.165, 1.54) is 17.5 Å². The van der Waals surface area contributed by atoms with Crippen LogP contribution in [0, 0.1) is 0 Å². The Morgan fingerprint density at radius 3 is 3.00 bits per heavy atom. The zero-order valence-corrected chi connectivity index (χ0v) is 11.4. The molecule has 0 saturated carbocycles. The Labute approximate surface area is 118 Å². The van der Waals surface area contributed by atoms with Crippen molar-refractivity contribution < 1.29 is 9.53 Å². The molecule has 6 nitrogen and oxygen atoms in total. The van der Waals surface area contributed by atoms with Gasteiger partial charge in [-0.25, -0.2) is 14.8 Å². The highest BCUT2D eigenvalue weighted by Crippen LogP contribution is 2.11. The van der Waals surface area contributed by atoms with Gasteiger partial charge >= 0.3 is 6.03 Å². The van der Waals surface area contributed by atoms with Gasteiger partial charge in [0.15, 0.2) is 5.13 Å². The fourth-order valence-electron chi connectivity index (χ4n) is 1.19. The second kappa shape index (κ2) is 6.91. The number of thiazole rings is 1. The molecule has 2 heterocycles. The Balaban J connectivity index is 1.64. The number of hydrogen-bond donors (Lipinski definition) is 2. The summed E-state index contributed by atoms with van der Waals surface area (Å²) >= 11 is 7.05. The van der Waals surface area contributed by atoms with Crippen LogP contribution in [0.1, 0.15) is 0 Å². The molecule has 100 valence electrons. The summed E-state index contributed by atoms with van der Waals surface area (Å²) in [5.74, 6) is 0.464. The molecule has 2 aromatic rings. The minimum absolute atomic E-state index is 0.317. The largest absolute Gasteiger partial charge is 0.476 e. The molecule has 0 spiro atoms. The normalized spacial score (nSPS) is 9.95. The van der Waals surface area contributed by atoms with Crippen LogP contribution in [0.2, 0.25) is 5.02 Å². The van der Waals surface area contributed by atoms with Crippen LogP contribution in [0.25, 0.3) is 0 Å². The number of anilines is 1. The molecule has 2 amide bonds. The number of halogens is 1. The first kappa shape index (κ1) is 13.6. The van der Waals surface area contributed by atoms with Crippen molar-refractivity contribution in [1.82, 2.24) is 15.3 Å². The molecular weight excluding hydrogens is 288 g/mol. The van der Waals surface area contributed by atoms with E-state index in [9.17, 15) is 4.79 Å². The van der Waals surface area contributed by atoms with E-state index in [0.717, 1.165) is 0 Å². The summed E-state index contributed by atoms with van der Waals surface area (Å²) in [6.07, 6.45) is 3.12. The monoisotopic (exact) mass is 298 g/mol. The van der Waals surface area contributed by atoms with Crippen LogP contribution in [0.5, 0.6) is 5.88 Å². The lowest BCUT2D eigenvalue weighted by molar-refractivity contribution is 0.246. The fourth-order valence-corrected chi connectivity index (χ4v) is 1.83. The van der Waals surface area contributed by atoms with E-state index < -0.39 is 0 Å². The molecule has 0 saturated heterocycles. The molecule has 19 heavy (non-hydrogen) atoms. The van der Waals surface area contributed by atoms with Gasteiger partial charge in [-0.3, -0.25) is 5.32 Å². The van der Waals surface area contributed by atoms with Crippen LogP contribution < -0.4 is 15.4 Å². The van der Waals surface area contributed by atoms with Crippen LogP contribution in [0.3, 0.4) is 0 Å². The first-order valence-corrected chi connectivity index (χ1v) is 6.68. The maximum Gasteiger partial charge on any atom is 0.321 e. The SMILES string of the molecule is O=C(NCCOc1ccc(Cl)cn1)Nc1nccs1. The van der Waals surface area contributed by atoms with Gasteiger partial charge in [0.1, 0.15) is 6.61 Å². The van der Waals surface area contributed by atoms with Gasteiger partial charge in [-0.05, 0) is 6.07 Å². The zero-order chi connectivity index (χ0) is 13.5. The second-order valence-electron chi connectivity index (χ2n) is 3.38. The molecule has 0 unspecified atom stereocenters. The molecule has 0 radical (unpaired) electrons. The Morgan fingerprint density at radius 1 is 1.42 bits per heavy atom. The summed E-state index contributed by atoms with van der Waals surface area (Å²) < 4.78 is 5.32. The van der Waals surface area contributed by atoms with Crippen molar-refractivity contribution in [1.29, 1.82) is 0 Å². The molecule has 0 aliphatic heterocycles. The highest BCUT2D eigenvalue weighted by Gasteiger charge is 2.02. The molecule has 0 bridgehead atoms. The number of pyridine rings is 1. The van der Waals surface area contributed by atoms with E-state index in [0.29, 0.717) is 29.2 Å². The number of aromatic nitrogens is 2. The van der Waals surface area contributed by atoms with E-state index in [1.54, 1.807) is 23.7 Å². The summed E-state index contributed by atoms with van der Waals surface area (Å²) in [5, 5.41) is 8.12. The average Bonchev–Trinajstić information content (AvgIpc) is 2.89. The number of carbonyl (C=O) groups excluding carboxylic acids is 1. The highest BCUT2D eigenvalue weighted by molar-refractivity contribution is 7.13. The molecule has 0 atom stereocenters. The third-order valence-electron chi connectivity index (χ3n) is 1.99. The van der Waals surface area contributed by atoms with Crippen LogP contribution in [0.4, 0.5) is 9.93 Å². The number of ether oxygens (including phenoxy) is 1. The van der Waals surface area contributed by atoms with Crippen LogP contribution in [-0.4, -0.2) is 29.2 Å². The lowest BCUT2D eigenvalue weighted by atomic mass is 10.5. The Morgan fingerprint density at radius 2 is 2.32 bits per heavy atom. The van der Waals surface area contributed by atoms with E-state index >= 15 is 0 Å². The number of nitrogens with one attached hydrogen (secondary N) is 2. The minimum atomic E-state index is -0.317. The molecule has 0 fully saturated rings. The van der Waals surface area contributed by atoms with Crippen molar-refractivity contribution in [2.45, 2.75) is 0 Å². The molecule has 2 rings (SSSR count). The molecule has 0 aliphatic carbocycles. The van der Waals surface area contributed by atoms with Gasteiger partial charge < -0.3 is 10.1 Å². The van der Waals surface area contributed by atoms with E-state index in [4.69, 9.17) is 16.3 Å². The lowest BCUT2D eigenvalue weighted by Crippen LogP contribution is -2.32. The maximum absolute atomic E-state index is 11.4. The Hall–Kier alpha value is -1.86. The van der Waals surface area contributed by atoms with Crippen molar-refractivity contribution in [3.63, 3.8) is 0 Å². The summed E-state index contributed by atoms with van der Waals surface area (Å²) in [6, 6.07) is 3.03. The Bertz CT molecular complexity index is 518. The van der Waals surface area contributed by atoms with Crippen molar-refractivity contribution >= 4 is 34.1 Å². The first-order chi connectivity index (χ1) is 9.24. The van der Waals surface area contributed by atoms with Crippen molar-refractivity contribution in [3.05, 3.63) is 34.9 Å². The van der Waals surface area contributed by atoms with E-state index in [-0.39, 0.29) is 6.03 Å². The van der Waals surface area contributed by atoms with Crippen molar-refractivity contribution in [2.75, 3.05) is 18.5 Å². The van der Waals surface area contributed by atoms with Crippen LogP contribution in [-0.2, 0) is 0 Å². The topological polar surface area (TPSA) is 76.1 Å². The lowest BCUT2D eigenvalue weighted by Gasteiger charge is -2.07. The molecule has 2 N–H and O–H groups in total. The number of hydrogen-bond acceptors (Lipinski definition) is 5. The molecule has 8 heteroatoms. The smallest absolute Gasteiger partial charge is 0.321 e. The van der Waals surface area contributed by atoms with E-state index in [2.05, 4.69) is 20.6 Å². The van der Waals surface area contributed by atoms with Gasteiger partial charge in [-0.1, -0.05) is 11.6 Å². The summed E-state index contributed by atoms with van der Waals surface area (Å²) in [4.78, 5) is 19.3. The van der Waals surface area contributed by atoms with Crippen molar-refractivity contribution in [3.8, 4) is 5.88 Å². The first-order valence-electron chi connectivity index (χ1n) is 5.43. The third-order valence-corrected chi connectivity index (χ3v) is 2.90. The van der Waals surface area contributed by atoms with Gasteiger partial charge in [0.05, 0.1) is 11.6 Å². The highest BCUT2D eigenvalue weighted by atomic mass is 35.5. The van der Waals surface area contributed by atoms with E-state index in [1.807, 2.05) is 0 Å². The van der Waals surface area contributed by atoms with Gasteiger partial charge in [0.2, 0.25) is 5.88 Å². The summed E-state index contributed by atoms with van der Waals surface area (Å²) in [5.41, 5.74) is 0. The summed E-state index contributed by atoms with van der Waals surface area (Å²) in [7, 11) is 0. The average molecular weight is 299 g/mol. The number of amides is 2. The minimum Gasteiger partial charge on any atom is -0.476 e. The quantitative estimate of drug-likeness (QED) is 0.831. The van der Waals surface area contributed by atoms with Gasteiger partial charge in [-0.15, -0.1) is 11.3 Å². The predicted molar refractivity (Wildman–Crippen MR) is 73.9 cm³/mol. The molecule has 2 aromatic heterocycles. The third kappa shape index (κ3) is 4.72. The standard InChI is InChI=1S/C11H11ClN4O2S/c12-8-1-2-9(15-7-8)18-5-3-13-10(17)16-11-14-4-6-19-11/h1-2,4,6-7H,3,5H2,(H2,13,14,16,17). The van der Waals surface area contributed by atoms with Crippen LogP contribution >= 0.6 is 22.9 Å².